The second-order valence-electron chi connectivity index (χ2n) is 3.29. The van der Waals surface area contributed by atoms with Gasteiger partial charge in [0.25, 0.3) is 0 Å². The number of epoxide rings is 1. The highest BCUT2D eigenvalue weighted by Crippen LogP contribution is 2.22. The van der Waals surface area contributed by atoms with Crippen molar-refractivity contribution in [2.45, 2.75) is 12.6 Å². The Balaban J connectivity index is 1.96. The van der Waals surface area contributed by atoms with Crippen molar-refractivity contribution in [2.24, 2.45) is 0 Å². The predicted molar refractivity (Wildman–Crippen MR) is 62.4 cm³/mol. The first kappa shape index (κ1) is 7.94. The molecule has 0 radical (unpaired) electrons. The monoisotopic (exact) mass is 287 g/mol. The van der Waals surface area contributed by atoms with Crippen molar-refractivity contribution in [3.8, 4) is 0 Å². The zero-order valence-corrected chi connectivity index (χ0v) is 9.27. The number of aromatic nitrogens is 1. The molecule has 0 bridgehead atoms. The lowest BCUT2D eigenvalue weighted by molar-refractivity contribution is 0.383. The first-order valence-electron chi connectivity index (χ1n) is 4.36. The largest absolute Gasteiger partial charge is 0.371 e. The van der Waals surface area contributed by atoms with Crippen molar-refractivity contribution < 1.29 is 4.74 Å². The molecule has 0 aliphatic carbocycles. The Morgan fingerprint density at radius 2 is 2.54 bits per heavy atom. The molecule has 68 valence electrons. The van der Waals surface area contributed by atoms with Crippen LogP contribution >= 0.6 is 20.7 Å². The summed E-state index contributed by atoms with van der Waals surface area (Å²) < 4.78 is 12.2. The van der Waals surface area contributed by atoms with E-state index in [0.29, 0.717) is 6.10 Å². The minimum absolute atomic E-state index is 0.162. The summed E-state index contributed by atoms with van der Waals surface area (Å²) in [7, 11) is 0. The Kier molecular flexibility index (Phi) is 1.87. The summed E-state index contributed by atoms with van der Waals surface area (Å²) in [5.74, 6) is 0. The molecule has 0 saturated carbocycles. The summed E-state index contributed by atoms with van der Waals surface area (Å²) >= 11 is 0.162. The maximum absolute atomic E-state index is 5.23. The lowest BCUT2D eigenvalue weighted by Crippen LogP contribution is -2.06. The highest BCUT2D eigenvalue weighted by Gasteiger charge is 2.23. The molecule has 3 heterocycles. The normalized spacial score (nSPS) is 23.8. The highest BCUT2D eigenvalue weighted by molar-refractivity contribution is 14.2. The van der Waals surface area contributed by atoms with E-state index in [1.54, 1.807) is 0 Å². The van der Waals surface area contributed by atoms with E-state index in [9.17, 15) is 0 Å². The van der Waals surface area contributed by atoms with Crippen LogP contribution in [-0.4, -0.2) is 21.3 Å². The molecule has 13 heavy (non-hydrogen) atoms. The van der Waals surface area contributed by atoms with Gasteiger partial charge in [-0.25, -0.2) is 0 Å². The van der Waals surface area contributed by atoms with Gasteiger partial charge < -0.3 is 9.30 Å². The van der Waals surface area contributed by atoms with Crippen molar-refractivity contribution in [3.05, 3.63) is 27.6 Å². The summed E-state index contributed by atoms with van der Waals surface area (Å²) in [5, 5.41) is 0. The van der Waals surface area contributed by atoms with E-state index in [2.05, 4.69) is 31.0 Å². The van der Waals surface area contributed by atoms with E-state index in [-0.39, 0.29) is 20.7 Å². The third-order valence-electron chi connectivity index (χ3n) is 2.32. The fourth-order valence-corrected chi connectivity index (χ4v) is 3.38. The van der Waals surface area contributed by atoms with E-state index >= 15 is 0 Å². The second kappa shape index (κ2) is 3.06. The topological polar surface area (TPSA) is 17.5 Å². The average molecular weight is 287 g/mol. The van der Waals surface area contributed by atoms with Gasteiger partial charge in [-0.05, 0) is 20.2 Å². The molecule has 2 aliphatic heterocycles. The Morgan fingerprint density at radius 1 is 1.62 bits per heavy atom. The van der Waals surface area contributed by atoms with Gasteiger partial charge in [0.05, 0.1) is 24.9 Å². The summed E-state index contributed by atoms with van der Waals surface area (Å²) in [6.07, 6.45) is 4.89. The van der Waals surface area contributed by atoms with Crippen molar-refractivity contribution in [1.82, 2.24) is 4.57 Å². The van der Waals surface area contributed by atoms with E-state index in [4.69, 9.17) is 4.74 Å². The summed E-state index contributed by atoms with van der Waals surface area (Å²) in [5.41, 5.74) is 2.78. The summed E-state index contributed by atoms with van der Waals surface area (Å²) in [6, 6.07) is 2.19. The number of halogens is 1. The molecule has 3 rings (SSSR count). The number of nitrogens with zero attached hydrogens (tertiary/aromatic N) is 1. The van der Waals surface area contributed by atoms with Crippen molar-refractivity contribution in [1.29, 1.82) is 0 Å². The van der Waals surface area contributed by atoms with Crippen LogP contribution in [0.4, 0.5) is 0 Å². The number of ether oxygens (including phenoxy) is 1. The fourth-order valence-electron chi connectivity index (χ4n) is 1.52. The van der Waals surface area contributed by atoms with E-state index in [0.717, 1.165) is 13.2 Å². The molecule has 1 saturated heterocycles. The zero-order valence-electron chi connectivity index (χ0n) is 7.11. The molecule has 2 nitrogen and oxygen atoms in total. The minimum Gasteiger partial charge on any atom is -0.371 e. The molecule has 0 N–H and O–H groups in total. The van der Waals surface area contributed by atoms with Gasteiger partial charge in [-0.1, -0.05) is 20.7 Å². The Labute approximate surface area is 86.9 Å². The average Bonchev–Trinajstić information content (AvgIpc) is 2.88. The number of hydrogen-bond acceptors (Lipinski definition) is 1. The van der Waals surface area contributed by atoms with Crippen molar-refractivity contribution in [3.63, 3.8) is 0 Å². The van der Waals surface area contributed by atoms with Crippen LogP contribution < -0.4 is 0 Å². The smallest absolute Gasteiger partial charge is 0.0988 e. The van der Waals surface area contributed by atoms with Crippen LogP contribution in [0.5, 0.6) is 0 Å². The standard InChI is InChI=1S/C10H10INO/c1-3-11-5-10-8(1)2-4-12(10)6-9-7-13-9/h1-5,9H,6-7H2. The van der Waals surface area contributed by atoms with Crippen molar-refractivity contribution in [2.75, 3.05) is 6.61 Å². The van der Waals surface area contributed by atoms with Crippen LogP contribution in [0.25, 0.3) is 6.08 Å². The molecular weight excluding hydrogens is 277 g/mol. The van der Waals surface area contributed by atoms with Crippen LogP contribution in [-0.2, 0) is 11.3 Å². The molecule has 0 aromatic carbocycles. The molecule has 1 aromatic heterocycles. The zero-order chi connectivity index (χ0) is 8.67. The van der Waals surface area contributed by atoms with Crippen LogP contribution in [0, 0.1) is 0 Å². The van der Waals surface area contributed by atoms with Gasteiger partial charge in [-0.15, -0.1) is 0 Å². The Bertz CT molecular complexity index is 388. The number of rotatable bonds is 2. The molecule has 0 amide bonds. The number of fused-ring (bicyclic) bond motifs is 1. The molecule has 1 unspecified atom stereocenters. The maximum Gasteiger partial charge on any atom is 0.0988 e. The first-order chi connectivity index (χ1) is 6.43. The molecule has 2 aliphatic rings. The molecule has 0 spiro atoms. The molecule has 1 aromatic rings. The summed E-state index contributed by atoms with van der Waals surface area (Å²) in [6.45, 7) is 1.97. The quantitative estimate of drug-likeness (QED) is 0.601. The predicted octanol–water partition coefficient (Wildman–Crippen LogP) is 1.99. The van der Waals surface area contributed by atoms with Gasteiger partial charge in [0.1, 0.15) is 0 Å². The highest BCUT2D eigenvalue weighted by atomic mass is 127. The van der Waals surface area contributed by atoms with Gasteiger partial charge >= 0.3 is 0 Å². The molecule has 1 fully saturated rings. The second-order valence-corrected chi connectivity index (χ2v) is 5.35. The third-order valence-corrected chi connectivity index (χ3v) is 4.05. The van der Waals surface area contributed by atoms with Crippen LogP contribution in [0.1, 0.15) is 11.3 Å². The Morgan fingerprint density at radius 3 is 3.38 bits per heavy atom. The van der Waals surface area contributed by atoms with Crippen LogP contribution in [0.15, 0.2) is 16.3 Å². The maximum atomic E-state index is 5.23. The van der Waals surface area contributed by atoms with Crippen molar-refractivity contribution >= 4 is 30.8 Å². The molecular formula is C10H10INO. The summed E-state index contributed by atoms with van der Waals surface area (Å²) in [4.78, 5) is 0. The van der Waals surface area contributed by atoms with Gasteiger partial charge in [-0.3, -0.25) is 0 Å². The van der Waals surface area contributed by atoms with E-state index in [1.807, 2.05) is 0 Å². The lowest BCUT2D eigenvalue weighted by Gasteiger charge is -2.05. The molecule has 3 heteroatoms. The SMILES string of the molecule is C1=Cc2ccn(CC3CO3)c2C=I1. The minimum atomic E-state index is 0.162. The lowest BCUT2D eigenvalue weighted by atomic mass is 10.2. The molecule has 1 atom stereocenters. The van der Waals surface area contributed by atoms with Crippen LogP contribution in [0.3, 0.4) is 0 Å². The van der Waals surface area contributed by atoms with Gasteiger partial charge in [0, 0.05) is 11.8 Å². The number of hydrogen-bond donors (Lipinski definition) is 0. The van der Waals surface area contributed by atoms with E-state index < -0.39 is 0 Å². The first-order valence-corrected chi connectivity index (χ1v) is 6.85. The van der Waals surface area contributed by atoms with Gasteiger partial charge in [0.15, 0.2) is 0 Å². The van der Waals surface area contributed by atoms with Gasteiger partial charge in [0.2, 0.25) is 0 Å². The fraction of sp³-hybridized carbons (Fsp3) is 0.300. The Hall–Kier alpha value is -0.420. The third kappa shape index (κ3) is 1.50. The van der Waals surface area contributed by atoms with Crippen LogP contribution in [0.2, 0.25) is 0 Å². The van der Waals surface area contributed by atoms with Gasteiger partial charge in [-0.2, -0.15) is 0 Å². The van der Waals surface area contributed by atoms with E-state index in [1.165, 1.54) is 11.3 Å².